The van der Waals surface area contributed by atoms with Crippen LogP contribution in [0.25, 0.3) is 0 Å². The number of rotatable bonds is 6. The van der Waals surface area contributed by atoms with Crippen LogP contribution < -0.4 is 10.9 Å². The van der Waals surface area contributed by atoms with Crippen LogP contribution in [-0.2, 0) is 14.4 Å². The Morgan fingerprint density at radius 1 is 1.29 bits per heavy atom. The van der Waals surface area contributed by atoms with Crippen molar-refractivity contribution < 1.29 is 14.4 Å². The Morgan fingerprint density at radius 3 is 2.41 bits per heavy atom. The van der Waals surface area contributed by atoms with Crippen molar-refractivity contribution in [2.24, 2.45) is 5.92 Å². The van der Waals surface area contributed by atoms with Gasteiger partial charge in [-0.2, -0.15) is 0 Å². The van der Waals surface area contributed by atoms with E-state index >= 15 is 0 Å². The molecule has 1 saturated heterocycles. The van der Waals surface area contributed by atoms with Gasteiger partial charge in [0.25, 0.3) is 11.8 Å². The molecular formula is C11H19N3O3. The van der Waals surface area contributed by atoms with Crippen LogP contribution in [0.5, 0.6) is 0 Å². The van der Waals surface area contributed by atoms with Crippen molar-refractivity contribution >= 4 is 17.7 Å². The Kier molecular flexibility index (Phi) is 4.93. The lowest BCUT2D eigenvalue weighted by Crippen LogP contribution is -2.29. The normalized spacial score (nSPS) is 15.6. The zero-order valence-electron chi connectivity index (χ0n) is 10.3. The van der Waals surface area contributed by atoms with Crippen LogP contribution in [-0.4, -0.2) is 36.2 Å². The molecule has 0 aromatic carbocycles. The van der Waals surface area contributed by atoms with Crippen molar-refractivity contribution in [2.45, 2.75) is 32.6 Å². The number of carbonyl (C=O) groups excluding carboxylic acids is 3. The molecule has 3 amide bonds. The zero-order valence-corrected chi connectivity index (χ0v) is 10.3. The molecule has 0 saturated carbocycles. The summed E-state index contributed by atoms with van der Waals surface area (Å²) < 4.78 is 0. The first kappa shape index (κ1) is 13.5. The van der Waals surface area contributed by atoms with E-state index in [9.17, 15) is 14.4 Å². The fraction of sp³-hybridized carbons (Fsp3) is 0.727. The highest BCUT2D eigenvalue weighted by Crippen LogP contribution is 2.11. The summed E-state index contributed by atoms with van der Waals surface area (Å²) in [6.07, 6.45) is 2.50. The molecule has 0 bridgehead atoms. The van der Waals surface area contributed by atoms with E-state index < -0.39 is 5.92 Å². The molecule has 96 valence electrons. The maximum atomic E-state index is 11.7. The van der Waals surface area contributed by atoms with Gasteiger partial charge in [-0.1, -0.05) is 13.3 Å². The molecule has 0 aromatic heterocycles. The monoisotopic (exact) mass is 241 g/mol. The summed E-state index contributed by atoms with van der Waals surface area (Å²) in [5.41, 5.74) is 4.49. The van der Waals surface area contributed by atoms with E-state index in [2.05, 4.69) is 17.8 Å². The Bertz CT molecular complexity index is 301. The largest absolute Gasteiger partial charge is 0.346 e. The van der Waals surface area contributed by atoms with Crippen molar-refractivity contribution in [3.8, 4) is 0 Å². The van der Waals surface area contributed by atoms with Crippen LogP contribution >= 0.6 is 0 Å². The molecule has 6 nitrogen and oxygen atoms in total. The third kappa shape index (κ3) is 3.72. The van der Waals surface area contributed by atoms with E-state index in [1.807, 2.05) is 0 Å². The number of hydrogen-bond donors (Lipinski definition) is 2. The quantitative estimate of drug-likeness (QED) is 0.632. The van der Waals surface area contributed by atoms with Crippen LogP contribution in [0.2, 0.25) is 0 Å². The van der Waals surface area contributed by atoms with Gasteiger partial charge in [0.05, 0.1) is 0 Å². The Balaban J connectivity index is 2.32. The predicted octanol–water partition coefficient (Wildman–Crippen LogP) is -0.198. The molecule has 1 aliphatic heterocycles. The molecule has 0 aliphatic carbocycles. The topological polar surface area (TPSA) is 78.5 Å². The standard InChI is InChI=1S/C11H19N3O3/c1-3-4-7-14(2)9(15)6-5-8-10(16)12-13-11(8)17/h8H,3-7H2,1-2H3,(H,12,16)(H,13,17). The fourth-order valence-corrected chi connectivity index (χ4v) is 1.66. The lowest BCUT2D eigenvalue weighted by molar-refractivity contribution is -0.131. The van der Waals surface area contributed by atoms with Gasteiger partial charge < -0.3 is 4.90 Å². The third-order valence-corrected chi connectivity index (χ3v) is 2.86. The first-order valence-corrected chi connectivity index (χ1v) is 5.90. The van der Waals surface area contributed by atoms with Gasteiger partial charge in [-0.15, -0.1) is 0 Å². The summed E-state index contributed by atoms with van der Waals surface area (Å²) in [6.45, 7) is 2.78. The van der Waals surface area contributed by atoms with Crippen molar-refractivity contribution in [2.75, 3.05) is 13.6 Å². The average molecular weight is 241 g/mol. The number of hydrazine groups is 1. The van der Waals surface area contributed by atoms with Crippen molar-refractivity contribution in [3.05, 3.63) is 0 Å². The van der Waals surface area contributed by atoms with E-state index in [4.69, 9.17) is 0 Å². The summed E-state index contributed by atoms with van der Waals surface area (Å²) >= 11 is 0. The Labute approximate surface area is 101 Å². The van der Waals surface area contributed by atoms with Crippen LogP contribution in [0.4, 0.5) is 0 Å². The molecule has 0 unspecified atom stereocenters. The second kappa shape index (κ2) is 6.22. The van der Waals surface area contributed by atoms with Crippen LogP contribution in [0.1, 0.15) is 32.6 Å². The second-order valence-electron chi connectivity index (χ2n) is 4.24. The molecule has 1 rings (SSSR count). The SMILES string of the molecule is CCCCN(C)C(=O)CCC1C(=O)NNC1=O. The van der Waals surface area contributed by atoms with Crippen LogP contribution in [0.15, 0.2) is 0 Å². The molecule has 1 aliphatic rings. The number of amides is 3. The highest BCUT2D eigenvalue weighted by Gasteiger charge is 2.33. The highest BCUT2D eigenvalue weighted by atomic mass is 16.2. The number of nitrogens with one attached hydrogen (secondary N) is 2. The summed E-state index contributed by atoms with van der Waals surface area (Å²) in [4.78, 5) is 35.8. The predicted molar refractivity (Wildman–Crippen MR) is 61.6 cm³/mol. The van der Waals surface area contributed by atoms with Gasteiger partial charge >= 0.3 is 0 Å². The minimum atomic E-state index is -0.724. The molecule has 2 N–H and O–H groups in total. The van der Waals surface area contributed by atoms with E-state index in [-0.39, 0.29) is 30.6 Å². The highest BCUT2D eigenvalue weighted by molar-refractivity contribution is 6.05. The number of nitrogens with zero attached hydrogens (tertiary/aromatic N) is 1. The lowest BCUT2D eigenvalue weighted by Gasteiger charge is -2.16. The third-order valence-electron chi connectivity index (χ3n) is 2.86. The number of carbonyl (C=O) groups is 3. The molecule has 17 heavy (non-hydrogen) atoms. The summed E-state index contributed by atoms with van der Waals surface area (Å²) in [6, 6.07) is 0. The van der Waals surface area contributed by atoms with E-state index in [0.29, 0.717) is 0 Å². The van der Waals surface area contributed by atoms with Crippen LogP contribution in [0.3, 0.4) is 0 Å². The molecule has 6 heteroatoms. The Morgan fingerprint density at radius 2 is 1.88 bits per heavy atom. The Hall–Kier alpha value is -1.59. The first-order chi connectivity index (χ1) is 8.06. The molecule has 1 fully saturated rings. The molecule has 1 heterocycles. The maximum absolute atomic E-state index is 11.7. The van der Waals surface area contributed by atoms with Crippen molar-refractivity contribution in [1.82, 2.24) is 15.8 Å². The number of unbranched alkanes of at least 4 members (excludes halogenated alkanes) is 1. The van der Waals surface area contributed by atoms with Crippen LogP contribution in [0, 0.1) is 5.92 Å². The minimum absolute atomic E-state index is 0.0223. The summed E-state index contributed by atoms with van der Waals surface area (Å²) in [5.74, 6) is -1.44. The number of hydrogen-bond acceptors (Lipinski definition) is 3. The van der Waals surface area contributed by atoms with Crippen molar-refractivity contribution in [3.63, 3.8) is 0 Å². The summed E-state index contributed by atoms with van der Waals surface area (Å²) in [7, 11) is 1.74. The van der Waals surface area contributed by atoms with E-state index in [1.165, 1.54) is 0 Å². The van der Waals surface area contributed by atoms with Crippen molar-refractivity contribution in [1.29, 1.82) is 0 Å². The van der Waals surface area contributed by atoms with E-state index in [0.717, 1.165) is 19.4 Å². The lowest BCUT2D eigenvalue weighted by atomic mass is 10.0. The minimum Gasteiger partial charge on any atom is -0.346 e. The van der Waals surface area contributed by atoms with Gasteiger partial charge in [0.1, 0.15) is 5.92 Å². The molecule has 0 atom stereocenters. The second-order valence-corrected chi connectivity index (χ2v) is 4.24. The molecule has 0 aromatic rings. The van der Waals surface area contributed by atoms with Gasteiger partial charge in [-0.3, -0.25) is 25.2 Å². The molecule has 0 radical (unpaired) electrons. The maximum Gasteiger partial charge on any atom is 0.251 e. The van der Waals surface area contributed by atoms with E-state index in [1.54, 1.807) is 11.9 Å². The average Bonchev–Trinajstić information content (AvgIpc) is 2.63. The van der Waals surface area contributed by atoms with Gasteiger partial charge in [0, 0.05) is 20.0 Å². The fourth-order valence-electron chi connectivity index (χ4n) is 1.66. The smallest absolute Gasteiger partial charge is 0.251 e. The molecule has 0 spiro atoms. The molecular weight excluding hydrogens is 222 g/mol. The van der Waals surface area contributed by atoms with Gasteiger partial charge in [0.15, 0.2) is 0 Å². The van der Waals surface area contributed by atoms with Gasteiger partial charge in [-0.05, 0) is 12.8 Å². The van der Waals surface area contributed by atoms with Gasteiger partial charge in [0.2, 0.25) is 5.91 Å². The zero-order chi connectivity index (χ0) is 12.8. The first-order valence-electron chi connectivity index (χ1n) is 5.90. The summed E-state index contributed by atoms with van der Waals surface area (Å²) in [5, 5.41) is 0. The van der Waals surface area contributed by atoms with Gasteiger partial charge in [-0.25, -0.2) is 0 Å².